The van der Waals surface area contributed by atoms with Crippen molar-refractivity contribution in [3.63, 3.8) is 0 Å². The van der Waals surface area contributed by atoms with E-state index in [-0.39, 0.29) is 22.3 Å². The predicted molar refractivity (Wildman–Crippen MR) is 116 cm³/mol. The van der Waals surface area contributed by atoms with Crippen molar-refractivity contribution in [2.45, 2.75) is 63.3 Å². The van der Waals surface area contributed by atoms with Crippen molar-refractivity contribution in [2.24, 2.45) is 5.41 Å². The number of benzene rings is 2. The molecule has 2 aromatic carbocycles. The van der Waals surface area contributed by atoms with Crippen LogP contribution in [0.4, 0.5) is 19.3 Å². The summed E-state index contributed by atoms with van der Waals surface area (Å²) >= 11 is 0. The van der Waals surface area contributed by atoms with E-state index < -0.39 is 18.1 Å². The highest BCUT2D eigenvalue weighted by molar-refractivity contribution is 5.89. The van der Waals surface area contributed by atoms with Crippen LogP contribution in [0.15, 0.2) is 36.4 Å². The number of urea groups is 1. The third kappa shape index (κ3) is 3.48. The third-order valence-corrected chi connectivity index (χ3v) is 8.05. The van der Waals surface area contributed by atoms with Crippen molar-refractivity contribution in [3.05, 3.63) is 64.7 Å². The van der Waals surface area contributed by atoms with Gasteiger partial charge in [0.05, 0.1) is 5.69 Å². The Labute approximate surface area is 186 Å². The Hall–Kier alpha value is -2.51. The van der Waals surface area contributed by atoms with Crippen LogP contribution >= 0.6 is 0 Å². The van der Waals surface area contributed by atoms with Crippen LogP contribution < -0.4 is 5.32 Å². The van der Waals surface area contributed by atoms with Crippen LogP contribution in [0.2, 0.25) is 0 Å². The second-order valence-corrected chi connectivity index (χ2v) is 9.62. The number of carbonyl (C=O) groups is 1. The maximum absolute atomic E-state index is 15.0. The Morgan fingerprint density at radius 3 is 2.38 bits per heavy atom. The zero-order valence-corrected chi connectivity index (χ0v) is 18.2. The van der Waals surface area contributed by atoms with Gasteiger partial charge in [-0.15, -0.1) is 0 Å². The van der Waals surface area contributed by atoms with E-state index in [9.17, 15) is 14.3 Å². The van der Waals surface area contributed by atoms with Gasteiger partial charge in [-0.3, -0.25) is 0 Å². The van der Waals surface area contributed by atoms with E-state index in [0.29, 0.717) is 13.1 Å². The fourth-order valence-electron chi connectivity index (χ4n) is 5.92. The number of methoxy groups -OCH3 is 1. The Balaban J connectivity index is 1.27. The summed E-state index contributed by atoms with van der Waals surface area (Å²) in [6.07, 6.45) is 4.50. The molecule has 3 saturated carbocycles. The highest BCUT2D eigenvalue weighted by Crippen LogP contribution is 2.59. The van der Waals surface area contributed by atoms with Crippen molar-refractivity contribution < 1.29 is 23.4 Å². The first-order chi connectivity index (χ1) is 15.3. The van der Waals surface area contributed by atoms with Gasteiger partial charge in [-0.2, -0.15) is 0 Å². The van der Waals surface area contributed by atoms with Gasteiger partial charge in [0, 0.05) is 25.6 Å². The molecule has 2 N–H and O–H groups in total. The molecule has 1 aliphatic heterocycles. The van der Waals surface area contributed by atoms with Crippen molar-refractivity contribution in [3.8, 4) is 0 Å². The Bertz CT molecular complexity index is 1030. The summed E-state index contributed by atoms with van der Waals surface area (Å²) in [6, 6.07) is 9.20. The minimum absolute atomic E-state index is 0.0841. The van der Waals surface area contributed by atoms with Crippen LogP contribution in [0.3, 0.4) is 0 Å². The number of rotatable bonds is 4. The number of hydrogen-bond donors (Lipinski definition) is 2. The van der Waals surface area contributed by atoms with E-state index in [4.69, 9.17) is 4.74 Å². The number of nitrogens with zero attached hydrogens (tertiary/aromatic N) is 1. The van der Waals surface area contributed by atoms with Crippen molar-refractivity contribution in [1.82, 2.24) is 4.90 Å². The van der Waals surface area contributed by atoms with Crippen LogP contribution in [-0.2, 0) is 23.2 Å². The molecule has 1 atom stereocenters. The molecule has 1 heterocycles. The van der Waals surface area contributed by atoms with Gasteiger partial charge in [-0.05, 0) is 84.9 Å². The molecule has 1 unspecified atom stereocenters. The standard InChI is InChI=1S/C25H28F2N2O3/c1-32-22(30)25-9-6-24(7-10-25,8-11-25)18-3-5-21(20(27)13-18)28-23(31)29-14-16-2-4-19(26)12-17(16)15-29/h2-5,12-13,22,30H,6-11,14-15H2,1H3,(H,28,31). The van der Waals surface area contributed by atoms with Gasteiger partial charge in [-0.25, -0.2) is 13.6 Å². The number of nitrogens with one attached hydrogen (secondary N) is 1. The second kappa shape index (κ2) is 7.81. The van der Waals surface area contributed by atoms with Crippen molar-refractivity contribution in [1.29, 1.82) is 0 Å². The average molecular weight is 443 g/mol. The van der Waals surface area contributed by atoms with Gasteiger partial charge in [0.2, 0.25) is 0 Å². The molecule has 0 spiro atoms. The number of ether oxygens (including phenoxy) is 1. The highest BCUT2D eigenvalue weighted by atomic mass is 19.1. The molecule has 2 bridgehead atoms. The van der Waals surface area contributed by atoms with Gasteiger partial charge in [-0.1, -0.05) is 12.1 Å². The van der Waals surface area contributed by atoms with E-state index in [0.717, 1.165) is 55.2 Å². The van der Waals surface area contributed by atoms with E-state index in [1.54, 1.807) is 23.1 Å². The topological polar surface area (TPSA) is 61.8 Å². The maximum Gasteiger partial charge on any atom is 0.322 e. The molecule has 0 radical (unpaired) electrons. The number of fused-ring (bicyclic) bond motifs is 4. The Kier molecular flexibility index (Phi) is 5.21. The average Bonchev–Trinajstić information content (AvgIpc) is 3.24. The fourth-order valence-corrected chi connectivity index (χ4v) is 5.92. The minimum atomic E-state index is -0.747. The largest absolute Gasteiger partial charge is 0.367 e. The van der Waals surface area contributed by atoms with Gasteiger partial charge in [0.15, 0.2) is 6.29 Å². The normalized spacial score (nSPS) is 27.3. The van der Waals surface area contributed by atoms with Crippen LogP contribution in [-0.4, -0.2) is 29.4 Å². The molecule has 7 heteroatoms. The quantitative estimate of drug-likeness (QED) is 0.650. The summed E-state index contributed by atoms with van der Waals surface area (Å²) in [5.74, 6) is -0.779. The molecular formula is C25H28F2N2O3. The third-order valence-electron chi connectivity index (χ3n) is 8.05. The molecule has 170 valence electrons. The summed E-state index contributed by atoms with van der Waals surface area (Å²) < 4.78 is 33.7. The van der Waals surface area contributed by atoms with Crippen LogP contribution in [0, 0.1) is 17.0 Å². The molecule has 32 heavy (non-hydrogen) atoms. The van der Waals surface area contributed by atoms with Crippen molar-refractivity contribution >= 4 is 11.7 Å². The van der Waals surface area contributed by atoms with E-state index in [2.05, 4.69) is 5.32 Å². The van der Waals surface area contributed by atoms with E-state index >= 15 is 4.39 Å². The van der Waals surface area contributed by atoms with Gasteiger partial charge >= 0.3 is 6.03 Å². The first-order valence-corrected chi connectivity index (χ1v) is 11.2. The molecule has 3 aliphatic carbocycles. The zero-order chi connectivity index (χ0) is 22.5. The van der Waals surface area contributed by atoms with Gasteiger partial charge in [0.1, 0.15) is 11.6 Å². The monoisotopic (exact) mass is 442 g/mol. The summed E-state index contributed by atoms with van der Waals surface area (Å²) in [5.41, 5.74) is 2.52. The van der Waals surface area contributed by atoms with Crippen molar-refractivity contribution in [2.75, 3.05) is 12.4 Å². The molecule has 2 amide bonds. The molecule has 6 rings (SSSR count). The van der Waals surface area contributed by atoms with Crippen LogP contribution in [0.1, 0.15) is 55.2 Å². The number of carbonyl (C=O) groups excluding carboxylic acids is 1. The summed E-state index contributed by atoms with van der Waals surface area (Å²) in [5, 5.41) is 13.0. The van der Waals surface area contributed by atoms with Crippen LogP contribution in [0.25, 0.3) is 0 Å². The zero-order valence-electron chi connectivity index (χ0n) is 18.2. The number of halogens is 2. The minimum Gasteiger partial charge on any atom is -0.367 e. The summed E-state index contributed by atoms with van der Waals surface area (Å²) in [6.45, 7) is 0.677. The number of hydrogen-bond acceptors (Lipinski definition) is 3. The highest BCUT2D eigenvalue weighted by Gasteiger charge is 2.52. The lowest BCUT2D eigenvalue weighted by Crippen LogP contribution is -2.50. The van der Waals surface area contributed by atoms with Crippen LogP contribution in [0.5, 0.6) is 0 Å². The number of amides is 2. The first-order valence-electron chi connectivity index (χ1n) is 11.2. The van der Waals surface area contributed by atoms with E-state index in [1.807, 2.05) is 6.07 Å². The van der Waals surface area contributed by atoms with E-state index in [1.165, 1.54) is 19.2 Å². The second-order valence-electron chi connectivity index (χ2n) is 9.62. The maximum atomic E-state index is 15.0. The number of aliphatic hydroxyl groups excluding tert-OH is 1. The van der Waals surface area contributed by atoms with Gasteiger partial charge < -0.3 is 20.1 Å². The summed E-state index contributed by atoms with van der Waals surface area (Å²) in [4.78, 5) is 14.2. The first kappa shape index (κ1) is 21.3. The van der Waals surface area contributed by atoms with Gasteiger partial charge in [0.25, 0.3) is 0 Å². The lowest BCUT2D eigenvalue weighted by molar-refractivity contribution is -0.192. The molecule has 5 nitrogen and oxygen atoms in total. The molecule has 4 aliphatic rings. The molecular weight excluding hydrogens is 414 g/mol. The smallest absolute Gasteiger partial charge is 0.322 e. The number of anilines is 1. The fraction of sp³-hybridized carbons (Fsp3) is 0.480. The Morgan fingerprint density at radius 1 is 1.03 bits per heavy atom. The molecule has 3 fully saturated rings. The Morgan fingerprint density at radius 2 is 1.72 bits per heavy atom. The SMILES string of the molecule is COC(O)C12CCC(c3ccc(NC(=O)N4Cc5ccc(F)cc5C4)c(F)c3)(CC1)CC2. The number of aliphatic hydroxyl groups is 1. The lowest BCUT2D eigenvalue weighted by Gasteiger charge is -2.55. The molecule has 0 aromatic heterocycles. The molecule has 2 aromatic rings. The lowest BCUT2D eigenvalue weighted by atomic mass is 9.51. The molecule has 0 saturated heterocycles. The predicted octanol–water partition coefficient (Wildman–Crippen LogP) is 5.07. The summed E-state index contributed by atoms with van der Waals surface area (Å²) in [7, 11) is 1.54.